The molecule has 0 heterocycles. The zero-order chi connectivity index (χ0) is 9.14. The first kappa shape index (κ1) is 9.36. The van der Waals surface area contributed by atoms with Crippen molar-refractivity contribution < 1.29 is 5.11 Å². The summed E-state index contributed by atoms with van der Waals surface area (Å²) in [5, 5.41) is 9.63. The Morgan fingerprint density at radius 3 is 2.75 bits per heavy atom. The van der Waals surface area contributed by atoms with Gasteiger partial charge in [-0.2, -0.15) is 0 Å². The molecule has 1 atom stereocenters. The molecular weight excluding hydrogens is 174 g/mol. The van der Waals surface area contributed by atoms with Crippen LogP contribution in [0.5, 0.6) is 5.75 Å². The van der Waals surface area contributed by atoms with Gasteiger partial charge in [0.05, 0.1) is 0 Å². The third-order valence-corrected chi connectivity index (χ3v) is 1.93. The Morgan fingerprint density at radius 2 is 2.25 bits per heavy atom. The number of phenols is 1. The highest BCUT2D eigenvalue weighted by Gasteiger charge is 2.03. The van der Waals surface area contributed by atoms with E-state index >= 15 is 0 Å². The molecule has 0 amide bonds. The standard InChI is InChI=1S/C9H12ClNO/c1-6(11)4-7-2-3-8(12)5-9(7)10/h2-3,5-6,12H,4,11H2,1H3. The Bertz CT molecular complexity index is 273. The van der Waals surface area contributed by atoms with Crippen molar-refractivity contribution in [2.75, 3.05) is 0 Å². The Morgan fingerprint density at radius 1 is 1.58 bits per heavy atom. The van der Waals surface area contributed by atoms with Crippen molar-refractivity contribution in [3.63, 3.8) is 0 Å². The molecule has 66 valence electrons. The van der Waals surface area contributed by atoms with Gasteiger partial charge < -0.3 is 10.8 Å². The normalized spacial score (nSPS) is 12.9. The predicted octanol–water partition coefficient (Wildman–Crippen LogP) is 1.94. The third kappa shape index (κ3) is 2.40. The molecular formula is C9H12ClNO. The maximum atomic E-state index is 9.06. The number of hydrogen-bond donors (Lipinski definition) is 2. The van der Waals surface area contributed by atoms with Crippen molar-refractivity contribution in [3.05, 3.63) is 28.8 Å². The Balaban J connectivity index is 2.86. The number of benzene rings is 1. The van der Waals surface area contributed by atoms with Gasteiger partial charge in [-0.25, -0.2) is 0 Å². The SMILES string of the molecule is CC(N)Cc1ccc(O)cc1Cl. The summed E-state index contributed by atoms with van der Waals surface area (Å²) >= 11 is 5.86. The molecule has 0 fully saturated rings. The molecule has 1 rings (SSSR count). The van der Waals surface area contributed by atoms with Gasteiger partial charge >= 0.3 is 0 Å². The third-order valence-electron chi connectivity index (χ3n) is 1.58. The van der Waals surface area contributed by atoms with Crippen molar-refractivity contribution in [3.8, 4) is 5.75 Å². The van der Waals surface area contributed by atoms with E-state index < -0.39 is 0 Å². The maximum absolute atomic E-state index is 9.06. The lowest BCUT2D eigenvalue weighted by Crippen LogP contribution is -2.17. The first-order chi connectivity index (χ1) is 5.59. The van der Waals surface area contributed by atoms with E-state index in [0.29, 0.717) is 5.02 Å². The molecule has 2 nitrogen and oxygen atoms in total. The molecule has 3 heteroatoms. The zero-order valence-corrected chi connectivity index (χ0v) is 7.67. The molecule has 0 bridgehead atoms. The minimum Gasteiger partial charge on any atom is -0.508 e. The van der Waals surface area contributed by atoms with E-state index in [4.69, 9.17) is 22.4 Å². The lowest BCUT2D eigenvalue weighted by atomic mass is 10.1. The highest BCUT2D eigenvalue weighted by atomic mass is 35.5. The summed E-state index contributed by atoms with van der Waals surface area (Å²) in [6.45, 7) is 1.92. The van der Waals surface area contributed by atoms with Crippen LogP contribution in [0.25, 0.3) is 0 Å². The van der Waals surface area contributed by atoms with Crippen LogP contribution in [0, 0.1) is 0 Å². The molecule has 0 saturated heterocycles. The van der Waals surface area contributed by atoms with Crippen LogP contribution < -0.4 is 5.73 Å². The molecule has 1 unspecified atom stereocenters. The highest BCUT2D eigenvalue weighted by Crippen LogP contribution is 2.22. The first-order valence-electron chi connectivity index (χ1n) is 3.82. The largest absolute Gasteiger partial charge is 0.508 e. The van der Waals surface area contributed by atoms with Crippen molar-refractivity contribution in [1.82, 2.24) is 0 Å². The molecule has 0 aliphatic carbocycles. The average molecular weight is 186 g/mol. The molecule has 0 radical (unpaired) electrons. The Labute approximate surface area is 77.0 Å². The van der Waals surface area contributed by atoms with Crippen LogP contribution in [-0.2, 0) is 6.42 Å². The summed E-state index contributed by atoms with van der Waals surface area (Å²) in [6, 6.07) is 5.02. The maximum Gasteiger partial charge on any atom is 0.117 e. The van der Waals surface area contributed by atoms with E-state index in [2.05, 4.69) is 0 Å². The number of aromatic hydroxyl groups is 1. The highest BCUT2D eigenvalue weighted by molar-refractivity contribution is 6.31. The number of halogens is 1. The summed E-state index contributed by atoms with van der Waals surface area (Å²) in [5.74, 6) is 0.188. The van der Waals surface area contributed by atoms with Gasteiger partial charge in [-0.05, 0) is 31.0 Å². The van der Waals surface area contributed by atoms with E-state index in [0.717, 1.165) is 12.0 Å². The molecule has 3 N–H and O–H groups in total. The van der Waals surface area contributed by atoms with Gasteiger partial charge in [0, 0.05) is 11.1 Å². The molecule has 0 spiro atoms. The van der Waals surface area contributed by atoms with Crippen LogP contribution in [0.1, 0.15) is 12.5 Å². The lowest BCUT2D eigenvalue weighted by molar-refractivity contribution is 0.475. The molecule has 0 aromatic heterocycles. The predicted molar refractivity (Wildman–Crippen MR) is 50.5 cm³/mol. The average Bonchev–Trinajstić information content (AvgIpc) is 1.94. The molecule has 0 saturated carbocycles. The summed E-state index contributed by atoms with van der Waals surface area (Å²) in [7, 11) is 0. The molecule has 0 aliphatic rings. The first-order valence-corrected chi connectivity index (χ1v) is 4.20. The van der Waals surface area contributed by atoms with Crippen LogP contribution in [0.15, 0.2) is 18.2 Å². The second-order valence-corrected chi connectivity index (χ2v) is 3.36. The molecule has 0 aliphatic heterocycles. The summed E-state index contributed by atoms with van der Waals surface area (Å²) in [6.07, 6.45) is 0.735. The lowest BCUT2D eigenvalue weighted by Gasteiger charge is -2.06. The van der Waals surface area contributed by atoms with Crippen molar-refractivity contribution in [1.29, 1.82) is 0 Å². The summed E-state index contributed by atoms with van der Waals surface area (Å²) in [5.41, 5.74) is 6.59. The van der Waals surface area contributed by atoms with Crippen LogP contribution in [0.2, 0.25) is 5.02 Å². The fourth-order valence-electron chi connectivity index (χ4n) is 1.05. The Hall–Kier alpha value is -0.730. The van der Waals surface area contributed by atoms with E-state index in [1.54, 1.807) is 12.1 Å². The van der Waals surface area contributed by atoms with Gasteiger partial charge in [0.2, 0.25) is 0 Å². The van der Waals surface area contributed by atoms with Crippen LogP contribution in [0.4, 0.5) is 0 Å². The fourth-order valence-corrected chi connectivity index (χ4v) is 1.30. The van der Waals surface area contributed by atoms with Crippen LogP contribution >= 0.6 is 11.6 Å². The van der Waals surface area contributed by atoms with Gasteiger partial charge in [-0.1, -0.05) is 17.7 Å². The molecule has 12 heavy (non-hydrogen) atoms. The summed E-state index contributed by atoms with van der Waals surface area (Å²) in [4.78, 5) is 0. The monoisotopic (exact) mass is 185 g/mol. The number of hydrogen-bond acceptors (Lipinski definition) is 2. The second kappa shape index (κ2) is 3.78. The quantitative estimate of drug-likeness (QED) is 0.740. The minimum atomic E-state index is 0.0899. The van der Waals surface area contributed by atoms with Crippen LogP contribution in [-0.4, -0.2) is 11.1 Å². The van der Waals surface area contributed by atoms with E-state index in [9.17, 15) is 0 Å². The van der Waals surface area contributed by atoms with Gasteiger partial charge in [0.1, 0.15) is 5.75 Å². The fraction of sp³-hybridized carbons (Fsp3) is 0.333. The summed E-state index contributed by atoms with van der Waals surface area (Å²) < 4.78 is 0. The zero-order valence-electron chi connectivity index (χ0n) is 6.92. The smallest absolute Gasteiger partial charge is 0.117 e. The van der Waals surface area contributed by atoms with E-state index in [1.807, 2.05) is 6.92 Å². The van der Waals surface area contributed by atoms with E-state index in [1.165, 1.54) is 6.07 Å². The van der Waals surface area contributed by atoms with Gasteiger partial charge in [0.15, 0.2) is 0 Å². The molecule has 1 aromatic carbocycles. The molecule has 1 aromatic rings. The van der Waals surface area contributed by atoms with Crippen molar-refractivity contribution in [2.24, 2.45) is 5.73 Å². The van der Waals surface area contributed by atoms with Gasteiger partial charge in [0.25, 0.3) is 0 Å². The Kier molecular flexibility index (Phi) is 2.95. The number of phenolic OH excluding ortho intramolecular Hbond substituents is 1. The minimum absolute atomic E-state index is 0.0899. The van der Waals surface area contributed by atoms with Crippen molar-refractivity contribution >= 4 is 11.6 Å². The second-order valence-electron chi connectivity index (χ2n) is 2.96. The van der Waals surface area contributed by atoms with Crippen LogP contribution in [0.3, 0.4) is 0 Å². The number of rotatable bonds is 2. The van der Waals surface area contributed by atoms with E-state index in [-0.39, 0.29) is 11.8 Å². The number of nitrogens with two attached hydrogens (primary N) is 1. The topological polar surface area (TPSA) is 46.2 Å². The van der Waals surface area contributed by atoms with Crippen molar-refractivity contribution in [2.45, 2.75) is 19.4 Å². The van der Waals surface area contributed by atoms with Gasteiger partial charge in [-0.15, -0.1) is 0 Å². The van der Waals surface area contributed by atoms with Gasteiger partial charge in [-0.3, -0.25) is 0 Å².